The first-order chi connectivity index (χ1) is 10.2. The van der Waals surface area contributed by atoms with Crippen molar-refractivity contribution in [2.45, 2.75) is 19.6 Å². The van der Waals surface area contributed by atoms with E-state index in [1.165, 1.54) is 0 Å². The molecule has 0 fully saturated rings. The molecule has 0 saturated carbocycles. The van der Waals surface area contributed by atoms with E-state index in [9.17, 15) is 5.11 Å². The number of hydrogen-bond acceptors (Lipinski definition) is 3. The van der Waals surface area contributed by atoms with Crippen LogP contribution in [0.25, 0.3) is 0 Å². The molecule has 1 heterocycles. The molecular weight excluding hydrogens is 311 g/mol. The van der Waals surface area contributed by atoms with Gasteiger partial charge in [-0.15, -0.1) is 0 Å². The first-order valence-electron chi connectivity index (χ1n) is 6.64. The van der Waals surface area contributed by atoms with E-state index in [-0.39, 0.29) is 6.61 Å². The molecule has 110 valence electrons. The molecule has 3 rings (SSSR count). The molecule has 5 heteroatoms. The average Bonchev–Trinajstić information content (AvgIpc) is 2.93. The molecular formula is C16H14Cl2O3. The molecule has 2 aromatic carbocycles. The van der Waals surface area contributed by atoms with E-state index in [0.29, 0.717) is 34.6 Å². The smallest absolute Gasteiger partial charge is 0.143 e. The van der Waals surface area contributed by atoms with E-state index < -0.39 is 0 Å². The highest BCUT2D eigenvalue weighted by molar-refractivity contribution is 6.32. The van der Waals surface area contributed by atoms with Gasteiger partial charge < -0.3 is 14.6 Å². The Hall–Kier alpha value is -1.42. The fraction of sp³-hybridized carbons (Fsp3) is 0.250. The van der Waals surface area contributed by atoms with Crippen LogP contribution in [0.3, 0.4) is 0 Å². The van der Waals surface area contributed by atoms with Crippen LogP contribution >= 0.6 is 23.2 Å². The zero-order valence-electron chi connectivity index (χ0n) is 11.2. The fourth-order valence-electron chi connectivity index (χ4n) is 2.44. The highest BCUT2D eigenvalue weighted by atomic mass is 35.5. The maximum Gasteiger partial charge on any atom is 0.143 e. The highest BCUT2D eigenvalue weighted by Gasteiger charge is 2.18. The largest absolute Gasteiger partial charge is 0.493 e. The minimum Gasteiger partial charge on any atom is -0.493 e. The Morgan fingerprint density at radius 3 is 2.86 bits per heavy atom. The summed E-state index contributed by atoms with van der Waals surface area (Å²) in [4.78, 5) is 0. The molecule has 0 aromatic heterocycles. The second-order valence-electron chi connectivity index (χ2n) is 4.83. The molecule has 3 nitrogen and oxygen atoms in total. The van der Waals surface area contributed by atoms with Crippen molar-refractivity contribution in [1.82, 2.24) is 0 Å². The van der Waals surface area contributed by atoms with Crippen LogP contribution in [0.2, 0.25) is 10.0 Å². The Morgan fingerprint density at radius 1 is 1.19 bits per heavy atom. The van der Waals surface area contributed by atoms with Gasteiger partial charge in [0.15, 0.2) is 0 Å². The van der Waals surface area contributed by atoms with Crippen LogP contribution < -0.4 is 9.47 Å². The second-order valence-corrected chi connectivity index (χ2v) is 5.67. The Balaban J connectivity index is 1.86. The third-order valence-electron chi connectivity index (χ3n) is 3.42. The number of aliphatic hydroxyl groups excluding tert-OH is 1. The third-order valence-corrected chi connectivity index (χ3v) is 3.93. The van der Waals surface area contributed by atoms with E-state index in [1.807, 2.05) is 12.1 Å². The molecule has 0 aliphatic carbocycles. The Bertz CT molecular complexity index is 671. The molecule has 1 N–H and O–H groups in total. The standard InChI is InChI=1S/C16H14Cl2O3/c17-13-6-10-4-5-20-15(10)12(7-13)9-21-16-11(8-19)2-1-3-14(16)18/h1-3,6-7,19H,4-5,8-9H2. The number of halogens is 2. The van der Waals surface area contributed by atoms with Crippen molar-refractivity contribution in [1.29, 1.82) is 0 Å². The molecule has 0 bridgehead atoms. The summed E-state index contributed by atoms with van der Waals surface area (Å²) in [6.07, 6.45) is 0.858. The fourth-order valence-corrected chi connectivity index (χ4v) is 2.95. The summed E-state index contributed by atoms with van der Waals surface area (Å²) in [5.41, 5.74) is 2.64. The van der Waals surface area contributed by atoms with Crippen LogP contribution in [0, 0.1) is 0 Å². The summed E-state index contributed by atoms with van der Waals surface area (Å²) >= 11 is 12.3. The van der Waals surface area contributed by atoms with Crippen LogP contribution in [0.1, 0.15) is 16.7 Å². The molecule has 0 saturated heterocycles. The molecule has 0 spiro atoms. The van der Waals surface area contributed by atoms with Crippen molar-refractivity contribution in [2.24, 2.45) is 0 Å². The summed E-state index contributed by atoms with van der Waals surface area (Å²) < 4.78 is 11.4. The van der Waals surface area contributed by atoms with Crippen LogP contribution in [0.4, 0.5) is 0 Å². The van der Waals surface area contributed by atoms with Gasteiger partial charge in [-0.05, 0) is 23.8 Å². The summed E-state index contributed by atoms with van der Waals surface area (Å²) in [6, 6.07) is 9.04. The zero-order chi connectivity index (χ0) is 14.8. The zero-order valence-corrected chi connectivity index (χ0v) is 12.7. The number of ether oxygens (including phenoxy) is 2. The third kappa shape index (κ3) is 2.95. The maximum absolute atomic E-state index is 9.35. The van der Waals surface area contributed by atoms with Crippen molar-refractivity contribution >= 4 is 23.2 Å². The van der Waals surface area contributed by atoms with Gasteiger partial charge in [-0.2, -0.15) is 0 Å². The van der Waals surface area contributed by atoms with Crippen molar-refractivity contribution in [3.8, 4) is 11.5 Å². The number of para-hydroxylation sites is 1. The minimum atomic E-state index is -0.125. The van der Waals surface area contributed by atoms with Crippen molar-refractivity contribution < 1.29 is 14.6 Å². The molecule has 1 aliphatic heterocycles. The van der Waals surface area contributed by atoms with Crippen LogP contribution in [0.15, 0.2) is 30.3 Å². The summed E-state index contributed by atoms with van der Waals surface area (Å²) in [6.45, 7) is 0.830. The van der Waals surface area contributed by atoms with Gasteiger partial charge in [0, 0.05) is 22.6 Å². The first-order valence-corrected chi connectivity index (χ1v) is 7.40. The molecule has 0 unspecified atom stereocenters. The summed E-state index contributed by atoms with van der Waals surface area (Å²) in [7, 11) is 0. The van der Waals surface area contributed by atoms with Crippen molar-refractivity contribution in [3.63, 3.8) is 0 Å². The van der Waals surface area contributed by atoms with Crippen molar-refractivity contribution in [2.75, 3.05) is 6.61 Å². The minimum absolute atomic E-state index is 0.125. The normalized spacial score (nSPS) is 12.9. The molecule has 21 heavy (non-hydrogen) atoms. The summed E-state index contributed by atoms with van der Waals surface area (Å²) in [5.74, 6) is 1.34. The Kier molecular flexibility index (Phi) is 4.24. The first kappa shape index (κ1) is 14.5. The van der Waals surface area contributed by atoms with E-state index in [4.69, 9.17) is 32.7 Å². The van der Waals surface area contributed by atoms with Crippen molar-refractivity contribution in [3.05, 3.63) is 57.1 Å². The van der Waals surface area contributed by atoms with Gasteiger partial charge in [0.25, 0.3) is 0 Å². The predicted molar refractivity (Wildman–Crippen MR) is 82.4 cm³/mol. The van der Waals surface area contributed by atoms with Gasteiger partial charge in [0.05, 0.1) is 18.2 Å². The SMILES string of the molecule is OCc1cccc(Cl)c1OCc1cc(Cl)cc2c1OCC2. The van der Waals surface area contributed by atoms with Crippen LogP contribution in [-0.2, 0) is 19.6 Å². The van der Waals surface area contributed by atoms with Gasteiger partial charge in [0.1, 0.15) is 18.1 Å². The van der Waals surface area contributed by atoms with Crippen LogP contribution in [0.5, 0.6) is 11.5 Å². The monoisotopic (exact) mass is 324 g/mol. The molecule has 1 aliphatic rings. The molecule has 0 atom stereocenters. The van der Waals surface area contributed by atoms with Gasteiger partial charge in [-0.1, -0.05) is 35.3 Å². The lowest BCUT2D eigenvalue weighted by Gasteiger charge is -2.14. The number of hydrogen-bond donors (Lipinski definition) is 1. The van der Waals surface area contributed by atoms with Crippen LogP contribution in [-0.4, -0.2) is 11.7 Å². The molecule has 0 radical (unpaired) electrons. The number of benzene rings is 2. The lowest BCUT2D eigenvalue weighted by atomic mass is 10.1. The summed E-state index contributed by atoms with van der Waals surface area (Å²) in [5, 5.41) is 10.5. The van der Waals surface area contributed by atoms with E-state index in [0.717, 1.165) is 23.3 Å². The number of aliphatic hydroxyl groups is 1. The van der Waals surface area contributed by atoms with Gasteiger partial charge >= 0.3 is 0 Å². The predicted octanol–water partition coefficient (Wildman–Crippen LogP) is 4.00. The second kappa shape index (κ2) is 6.14. The topological polar surface area (TPSA) is 38.7 Å². The number of fused-ring (bicyclic) bond motifs is 1. The van der Waals surface area contributed by atoms with E-state index >= 15 is 0 Å². The number of rotatable bonds is 4. The lowest BCUT2D eigenvalue weighted by molar-refractivity contribution is 0.256. The van der Waals surface area contributed by atoms with Gasteiger partial charge in [-0.25, -0.2) is 0 Å². The maximum atomic E-state index is 9.35. The highest BCUT2D eigenvalue weighted by Crippen LogP contribution is 2.35. The lowest BCUT2D eigenvalue weighted by Crippen LogP contribution is -2.01. The molecule has 2 aromatic rings. The molecule has 0 amide bonds. The Labute approximate surface area is 133 Å². The Morgan fingerprint density at radius 2 is 2.05 bits per heavy atom. The quantitative estimate of drug-likeness (QED) is 0.923. The van der Waals surface area contributed by atoms with Gasteiger partial charge in [0.2, 0.25) is 0 Å². The van der Waals surface area contributed by atoms with E-state index in [1.54, 1.807) is 18.2 Å². The average molecular weight is 325 g/mol. The van der Waals surface area contributed by atoms with E-state index in [2.05, 4.69) is 0 Å². The van der Waals surface area contributed by atoms with Gasteiger partial charge in [-0.3, -0.25) is 0 Å².